The number of hydrogen-bond acceptors (Lipinski definition) is 5. The fourth-order valence-corrected chi connectivity index (χ4v) is 4.63. The lowest BCUT2D eigenvalue weighted by atomic mass is 9.99. The minimum atomic E-state index is -0.491. The molecule has 5 nitrogen and oxygen atoms in total. The number of rotatable bonds is 7. The number of carbonyl (C=O) groups excluding carboxylic acids is 1. The Hall–Kier alpha value is -3.79. The Labute approximate surface area is 220 Å². The Morgan fingerprint density at radius 3 is 2.28 bits per heavy atom. The first-order chi connectivity index (χ1) is 17.4. The molecule has 1 aromatic heterocycles. The molecular weight excluding hydrogens is 490 g/mol. The molecule has 0 fully saturated rings. The molecule has 0 unspecified atom stereocenters. The van der Waals surface area contributed by atoms with Crippen LogP contribution in [-0.2, 0) is 4.79 Å². The Morgan fingerprint density at radius 2 is 1.67 bits per heavy atom. The highest BCUT2D eigenvalue weighted by atomic mass is 35.5. The van der Waals surface area contributed by atoms with E-state index in [9.17, 15) is 10.1 Å². The number of methoxy groups -OCH3 is 1. The number of nitriles is 1. The number of benzene rings is 3. The second kappa shape index (κ2) is 11.3. The van der Waals surface area contributed by atoms with Crippen molar-refractivity contribution in [2.24, 2.45) is 0 Å². The second-order valence-electron chi connectivity index (χ2n) is 8.20. The number of pyridine rings is 1. The highest BCUT2D eigenvalue weighted by Gasteiger charge is 2.21. The number of nitrogens with one attached hydrogen (secondary N) is 1. The molecule has 1 amide bonds. The third kappa shape index (κ3) is 5.88. The normalized spacial score (nSPS) is 11.4. The van der Waals surface area contributed by atoms with E-state index < -0.39 is 5.25 Å². The fourth-order valence-electron chi connectivity index (χ4n) is 3.58. The van der Waals surface area contributed by atoms with Gasteiger partial charge in [0.05, 0.1) is 23.6 Å². The summed E-state index contributed by atoms with van der Waals surface area (Å²) in [5.41, 5.74) is 5.37. The van der Waals surface area contributed by atoms with Crippen LogP contribution in [-0.4, -0.2) is 23.3 Å². The highest BCUT2D eigenvalue weighted by molar-refractivity contribution is 8.00. The Balaban J connectivity index is 1.73. The lowest BCUT2D eigenvalue weighted by molar-refractivity contribution is -0.115. The summed E-state index contributed by atoms with van der Waals surface area (Å²) in [6.07, 6.45) is 0. The van der Waals surface area contributed by atoms with Gasteiger partial charge in [0, 0.05) is 21.8 Å². The van der Waals surface area contributed by atoms with E-state index in [1.807, 2.05) is 73.7 Å². The molecule has 0 saturated heterocycles. The Morgan fingerprint density at radius 1 is 1.03 bits per heavy atom. The van der Waals surface area contributed by atoms with E-state index >= 15 is 0 Å². The third-order valence-electron chi connectivity index (χ3n) is 5.62. The predicted octanol–water partition coefficient (Wildman–Crippen LogP) is 7.38. The molecule has 3 aromatic carbocycles. The fraction of sp³-hybridized carbons (Fsp3) is 0.138. The molecular formula is C29H24ClN3O2S. The second-order valence-corrected chi connectivity index (χ2v) is 9.96. The van der Waals surface area contributed by atoms with Crippen molar-refractivity contribution in [2.45, 2.75) is 24.1 Å². The number of amides is 1. The third-order valence-corrected chi connectivity index (χ3v) is 6.95. The zero-order valence-corrected chi connectivity index (χ0v) is 21.7. The van der Waals surface area contributed by atoms with Gasteiger partial charge >= 0.3 is 0 Å². The van der Waals surface area contributed by atoms with E-state index in [1.54, 1.807) is 26.2 Å². The van der Waals surface area contributed by atoms with E-state index in [-0.39, 0.29) is 5.91 Å². The quantitative estimate of drug-likeness (QED) is 0.261. The van der Waals surface area contributed by atoms with Crippen LogP contribution in [0.5, 0.6) is 5.75 Å². The topological polar surface area (TPSA) is 75.0 Å². The average molecular weight is 514 g/mol. The molecule has 1 atom stereocenters. The lowest BCUT2D eigenvalue weighted by Crippen LogP contribution is -2.22. The van der Waals surface area contributed by atoms with E-state index in [0.717, 1.165) is 33.7 Å². The molecule has 0 saturated carbocycles. The van der Waals surface area contributed by atoms with Crippen LogP contribution in [0.2, 0.25) is 5.02 Å². The molecule has 1 N–H and O–H groups in total. The van der Waals surface area contributed by atoms with Crippen molar-refractivity contribution in [1.82, 2.24) is 4.98 Å². The zero-order chi connectivity index (χ0) is 25.7. The maximum atomic E-state index is 12.9. The molecule has 7 heteroatoms. The molecule has 0 aliphatic heterocycles. The van der Waals surface area contributed by atoms with Gasteiger partial charge < -0.3 is 10.1 Å². The molecule has 0 spiro atoms. The van der Waals surface area contributed by atoms with E-state index in [1.165, 1.54) is 11.8 Å². The van der Waals surface area contributed by atoms with Crippen LogP contribution in [0.15, 0.2) is 83.9 Å². The van der Waals surface area contributed by atoms with Crippen LogP contribution in [0.4, 0.5) is 5.69 Å². The van der Waals surface area contributed by atoms with Crippen LogP contribution in [0.25, 0.3) is 22.4 Å². The van der Waals surface area contributed by atoms with Gasteiger partial charge in [-0.15, -0.1) is 0 Å². The van der Waals surface area contributed by atoms with Crippen LogP contribution < -0.4 is 10.1 Å². The van der Waals surface area contributed by atoms with Gasteiger partial charge in [-0.25, -0.2) is 4.98 Å². The summed E-state index contributed by atoms with van der Waals surface area (Å²) in [4.78, 5) is 17.8. The molecule has 0 radical (unpaired) electrons. The smallest absolute Gasteiger partial charge is 0.237 e. The van der Waals surface area contributed by atoms with Crippen molar-refractivity contribution >= 4 is 35.0 Å². The van der Waals surface area contributed by atoms with Crippen molar-refractivity contribution < 1.29 is 9.53 Å². The number of anilines is 1. The van der Waals surface area contributed by atoms with Crippen LogP contribution >= 0.6 is 23.4 Å². The largest absolute Gasteiger partial charge is 0.497 e. The summed E-state index contributed by atoms with van der Waals surface area (Å²) in [5, 5.41) is 13.7. The first-order valence-electron chi connectivity index (χ1n) is 11.3. The summed E-state index contributed by atoms with van der Waals surface area (Å²) in [6, 6.07) is 26.7. The van der Waals surface area contributed by atoms with E-state index in [4.69, 9.17) is 21.3 Å². The maximum Gasteiger partial charge on any atom is 0.237 e. The number of halogens is 1. The van der Waals surface area contributed by atoms with Crippen molar-refractivity contribution in [3.8, 4) is 34.2 Å². The molecule has 0 aliphatic rings. The monoisotopic (exact) mass is 513 g/mol. The first-order valence-corrected chi connectivity index (χ1v) is 12.5. The van der Waals surface area contributed by atoms with Crippen LogP contribution in [0.1, 0.15) is 18.1 Å². The molecule has 1 heterocycles. The summed E-state index contributed by atoms with van der Waals surface area (Å²) >= 11 is 7.36. The summed E-state index contributed by atoms with van der Waals surface area (Å²) in [5.74, 6) is 0.568. The lowest BCUT2D eigenvalue weighted by Gasteiger charge is -2.16. The molecule has 0 aliphatic carbocycles. The Kier molecular flexibility index (Phi) is 7.94. The van der Waals surface area contributed by atoms with Crippen molar-refractivity contribution in [3.63, 3.8) is 0 Å². The molecule has 0 bridgehead atoms. The van der Waals surface area contributed by atoms with Gasteiger partial charge in [0.1, 0.15) is 16.8 Å². The summed E-state index contributed by atoms with van der Waals surface area (Å²) in [7, 11) is 1.62. The number of ether oxygens (including phenoxy) is 1. The standard InChI is InChI=1S/C29H24ClN3O2S/c1-18-4-12-23(13-5-18)32-28(34)19(2)36-29-26(17-31)25(20-6-10-22(30)11-7-20)16-27(33-29)21-8-14-24(35-3)15-9-21/h4-16,19H,1-3H3,(H,32,34)/t19-/m1/s1. The number of aryl methyl sites for hydroxylation is 1. The van der Waals surface area contributed by atoms with Gasteiger partial charge in [-0.2, -0.15) is 5.26 Å². The van der Waals surface area contributed by atoms with Gasteiger partial charge in [-0.3, -0.25) is 4.79 Å². The number of carbonyl (C=O) groups is 1. The Bertz CT molecular complexity index is 1410. The van der Waals surface area contributed by atoms with E-state index in [2.05, 4.69) is 11.4 Å². The first kappa shape index (κ1) is 25.3. The van der Waals surface area contributed by atoms with Gasteiger partial charge in [-0.05, 0) is 74.0 Å². The number of thioether (sulfide) groups is 1. The molecule has 36 heavy (non-hydrogen) atoms. The van der Waals surface area contributed by atoms with Crippen LogP contribution in [0.3, 0.4) is 0 Å². The highest BCUT2D eigenvalue weighted by Crippen LogP contribution is 2.36. The minimum absolute atomic E-state index is 0.169. The molecule has 180 valence electrons. The van der Waals surface area contributed by atoms with Gasteiger partial charge in [0.2, 0.25) is 5.91 Å². The van der Waals surface area contributed by atoms with Gasteiger partial charge in [-0.1, -0.05) is 53.2 Å². The van der Waals surface area contributed by atoms with Crippen molar-refractivity contribution in [1.29, 1.82) is 5.26 Å². The SMILES string of the molecule is COc1ccc(-c2cc(-c3ccc(Cl)cc3)c(C#N)c(S[C@H](C)C(=O)Nc3ccc(C)cc3)n2)cc1. The summed E-state index contributed by atoms with van der Waals surface area (Å²) in [6.45, 7) is 3.80. The zero-order valence-electron chi connectivity index (χ0n) is 20.1. The molecule has 4 rings (SSSR count). The maximum absolute atomic E-state index is 12.9. The summed E-state index contributed by atoms with van der Waals surface area (Å²) < 4.78 is 5.28. The minimum Gasteiger partial charge on any atom is -0.497 e. The molecule has 4 aromatic rings. The van der Waals surface area contributed by atoms with Crippen molar-refractivity contribution in [3.05, 3.63) is 95.0 Å². The van der Waals surface area contributed by atoms with Crippen LogP contribution in [0, 0.1) is 18.3 Å². The average Bonchev–Trinajstić information content (AvgIpc) is 2.90. The van der Waals surface area contributed by atoms with E-state index in [0.29, 0.717) is 21.3 Å². The number of hydrogen-bond donors (Lipinski definition) is 1. The van der Waals surface area contributed by atoms with Gasteiger partial charge in [0.15, 0.2) is 0 Å². The number of aromatic nitrogens is 1. The van der Waals surface area contributed by atoms with Crippen molar-refractivity contribution in [2.75, 3.05) is 12.4 Å². The predicted molar refractivity (Wildman–Crippen MR) is 147 cm³/mol. The number of nitrogens with zero attached hydrogens (tertiary/aromatic N) is 2. The van der Waals surface area contributed by atoms with Gasteiger partial charge in [0.25, 0.3) is 0 Å².